The third kappa shape index (κ3) is 11.0. The number of methoxy groups -OCH3 is 1. The monoisotopic (exact) mass is 858 g/mol. The molecular formula is C47H56F4N7O4+. The summed E-state index contributed by atoms with van der Waals surface area (Å²) in [7, 11) is 6.85. The molecule has 3 aromatic rings. The summed E-state index contributed by atoms with van der Waals surface area (Å²) < 4.78 is 63.8. The number of likely N-dealkylation sites (N-methyl/N-ethyl adjacent to an activating group) is 1. The Bertz CT molecular complexity index is 2290. The van der Waals surface area contributed by atoms with Crippen LogP contribution in [0.3, 0.4) is 0 Å². The minimum absolute atomic E-state index is 0.0120. The average molecular weight is 859 g/mol. The summed E-state index contributed by atoms with van der Waals surface area (Å²) in [5.41, 5.74) is 5.58. The van der Waals surface area contributed by atoms with Gasteiger partial charge in [0.2, 0.25) is 11.6 Å². The van der Waals surface area contributed by atoms with E-state index in [0.717, 1.165) is 23.4 Å². The van der Waals surface area contributed by atoms with Crippen LogP contribution in [0.25, 0.3) is 0 Å². The fraction of sp³-hybridized carbons (Fsp3) is 0.468. The van der Waals surface area contributed by atoms with E-state index in [4.69, 9.17) is 4.74 Å². The molecule has 0 spiro atoms. The van der Waals surface area contributed by atoms with Gasteiger partial charge in [-0.1, -0.05) is 49.7 Å². The smallest absolute Gasteiger partial charge is 0.398 e. The first-order valence-electron chi connectivity index (χ1n) is 20.9. The summed E-state index contributed by atoms with van der Waals surface area (Å²) in [5.74, 6) is 11.4. The molecule has 0 saturated carbocycles. The number of carbonyl (C=O) groups is 2. The number of amides is 2. The Kier molecular flexibility index (Phi) is 14.7. The lowest BCUT2D eigenvalue weighted by Gasteiger charge is -2.37. The van der Waals surface area contributed by atoms with Gasteiger partial charge in [-0.15, -0.1) is 0 Å². The van der Waals surface area contributed by atoms with E-state index in [1.54, 1.807) is 42.0 Å². The van der Waals surface area contributed by atoms with Crippen LogP contribution in [0.1, 0.15) is 53.7 Å². The lowest BCUT2D eigenvalue weighted by Crippen LogP contribution is -2.54. The number of aliphatic hydroxyl groups excluding tert-OH is 1. The fourth-order valence-electron chi connectivity index (χ4n) is 8.55. The Hall–Kier alpha value is -5.77. The molecule has 3 aliphatic rings. The molecule has 1 fully saturated rings. The van der Waals surface area contributed by atoms with Crippen molar-refractivity contribution >= 4 is 40.3 Å². The molecule has 11 nitrogen and oxygen atoms in total. The van der Waals surface area contributed by atoms with Gasteiger partial charge in [-0.25, -0.2) is 8.97 Å². The molecule has 3 aliphatic heterocycles. The number of hydrogen-bond donors (Lipinski definition) is 5. The van der Waals surface area contributed by atoms with Crippen molar-refractivity contribution in [2.75, 3.05) is 76.6 Å². The van der Waals surface area contributed by atoms with Crippen LogP contribution in [0, 0.1) is 35.5 Å². The second kappa shape index (κ2) is 20.0. The molecule has 0 aromatic heterocycles. The van der Waals surface area contributed by atoms with E-state index < -0.39 is 42.8 Å². The number of fused-ring (bicyclic) bond motifs is 2. The maximum Gasteiger partial charge on any atom is 0.398 e. The van der Waals surface area contributed by atoms with Crippen LogP contribution >= 0.6 is 0 Å². The highest BCUT2D eigenvalue weighted by Crippen LogP contribution is 2.37. The number of benzene rings is 3. The summed E-state index contributed by atoms with van der Waals surface area (Å²) in [6.07, 6.45) is -5.38. The fourth-order valence-corrected chi connectivity index (χ4v) is 8.55. The van der Waals surface area contributed by atoms with Gasteiger partial charge in [0.05, 0.1) is 44.6 Å². The Morgan fingerprint density at radius 1 is 1.06 bits per heavy atom. The number of aliphatic hydroxyl groups is 1. The van der Waals surface area contributed by atoms with E-state index in [0.29, 0.717) is 53.3 Å². The Labute approximate surface area is 361 Å². The molecule has 6 rings (SSSR count). The van der Waals surface area contributed by atoms with Crippen LogP contribution in [0.2, 0.25) is 0 Å². The summed E-state index contributed by atoms with van der Waals surface area (Å²) in [6.45, 7) is 4.92. The number of ether oxygens (including phenoxy) is 1. The van der Waals surface area contributed by atoms with Gasteiger partial charge in [-0.05, 0) is 67.8 Å². The minimum atomic E-state index is -4.45. The van der Waals surface area contributed by atoms with E-state index >= 15 is 4.39 Å². The highest BCUT2D eigenvalue weighted by Gasteiger charge is 2.42. The number of halogens is 4. The predicted molar refractivity (Wildman–Crippen MR) is 234 cm³/mol. The topological polar surface area (TPSA) is 121 Å². The number of alkyl halides is 4. The van der Waals surface area contributed by atoms with E-state index in [1.165, 1.54) is 7.11 Å². The zero-order valence-electron chi connectivity index (χ0n) is 36.0. The van der Waals surface area contributed by atoms with Gasteiger partial charge in [0.1, 0.15) is 37.3 Å². The van der Waals surface area contributed by atoms with E-state index in [-0.39, 0.29) is 49.6 Å². The number of piperidine rings is 1. The number of carbonyl (C=O) groups excluding carboxylic acids is 2. The molecule has 0 bridgehead atoms. The van der Waals surface area contributed by atoms with E-state index in [2.05, 4.69) is 44.9 Å². The Morgan fingerprint density at radius 2 is 1.85 bits per heavy atom. The molecule has 3 aromatic carbocycles. The SMILES string of the molecule is COc1ccc(C(=O)NCC#Cc2ccc3c(c2)N(C)[C@@H](C(C)C)C(=O)N[C@H](CO)C3)cc1NCC#CC1Cc2c(N[C@@H]3CCN(C)C[C@@H]3F)cccc2[N+](C)=C1CC(F)(F)F. The van der Waals surface area contributed by atoms with Crippen molar-refractivity contribution in [1.29, 1.82) is 0 Å². The van der Waals surface area contributed by atoms with Gasteiger partial charge in [-0.3, -0.25) is 9.59 Å². The molecule has 0 radical (unpaired) electrons. The number of likely N-dealkylation sites (tertiary alicyclic amines) is 1. The molecule has 1 saturated heterocycles. The lowest BCUT2D eigenvalue weighted by molar-refractivity contribution is -0.413. The summed E-state index contributed by atoms with van der Waals surface area (Å²) >= 11 is 0. The largest absolute Gasteiger partial charge is 0.495 e. The molecule has 1 unspecified atom stereocenters. The van der Waals surface area contributed by atoms with Crippen LogP contribution in [-0.2, 0) is 17.6 Å². The van der Waals surface area contributed by atoms with Gasteiger partial charge in [0.15, 0.2) is 5.71 Å². The number of anilines is 3. The van der Waals surface area contributed by atoms with Crippen molar-refractivity contribution in [3.05, 3.63) is 76.9 Å². The highest BCUT2D eigenvalue weighted by molar-refractivity contribution is 5.96. The molecule has 5 N–H and O–H groups in total. The van der Waals surface area contributed by atoms with Crippen molar-refractivity contribution < 1.29 is 41.6 Å². The molecule has 62 heavy (non-hydrogen) atoms. The molecular weight excluding hydrogens is 803 g/mol. The number of nitrogens with one attached hydrogen (secondary N) is 4. The number of rotatable bonds is 10. The molecule has 330 valence electrons. The number of nitrogens with zero attached hydrogens (tertiary/aromatic N) is 3. The minimum Gasteiger partial charge on any atom is -0.495 e. The number of hydrogen-bond acceptors (Lipinski definition) is 8. The van der Waals surface area contributed by atoms with Crippen molar-refractivity contribution in [2.24, 2.45) is 11.8 Å². The molecule has 3 heterocycles. The van der Waals surface area contributed by atoms with Crippen LogP contribution in [0.4, 0.5) is 40.3 Å². The van der Waals surface area contributed by atoms with E-state index in [9.17, 15) is 27.9 Å². The van der Waals surface area contributed by atoms with Crippen molar-refractivity contribution in [3.63, 3.8) is 0 Å². The molecule has 15 heteroatoms. The molecule has 0 aliphatic carbocycles. The third-order valence-corrected chi connectivity index (χ3v) is 11.7. The normalized spacial score (nSPS) is 21.5. The van der Waals surface area contributed by atoms with E-state index in [1.807, 2.05) is 62.0 Å². The maximum absolute atomic E-state index is 15.0. The van der Waals surface area contributed by atoms with Gasteiger partial charge in [-0.2, -0.15) is 13.2 Å². The van der Waals surface area contributed by atoms with Crippen LogP contribution in [0.15, 0.2) is 54.6 Å². The zero-order valence-corrected chi connectivity index (χ0v) is 36.0. The lowest BCUT2D eigenvalue weighted by atomic mass is 9.87. The van der Waals surface area contributed by atoms with Gasteiger partial charge >= 0.3 is 6.18 Å². The second-order valence-electron chi connectivity index (χ2n) is 16.5. The first-order valence-corrected chi connectivity index (χ1v) is 20.9. The third-order valence-electron chi connectivity index (χ3n) is 11.7. The summed E-state index contributed by atoms with van der Waals surface area (Å²) in [6, 6.07) is 14.8. The summed E-state index contributed by atoms with van der Waals surface area (Å²) in [4.78, 5) is 30.2. The molecule has 2 amide bonds. The zero-order chi connectivity index (χ0) is 44.7. The highest BCUT2D eigenvalue weighted by atomic mass is 19.4. The quantitative estimate of drug-likeness (QED) is 0.105. The predicted octanol–water partition coefficient (Wildman–Crippen LogP) is 5.38. The van der Waals surface area contributed by atoms with Crippen molar-refractivity contribution in [2.45, 2.75) is 70.0 Å². The van der Waals surface area contributed by atoms with Gasteiger partial charge in [0.25, 0.3) is 5.91 Å². The first kappa shape index (κ1) is 45.7. The van der Waals surface area contributed by atoms with Crippen molar-refractivity contribution in [3.8, 4) is 29.4 Å². The average Bonchev–Trinajstić information content (AvgIpc) is 3.22. The molecule has 5 atom stereocenters. The Morgan fingerprint density at radius 3 is 2.56 bits per heavy atom. The Balaban J connectivity index is 1.13. The van der Waals surface area contributed by atoms with Crippen LogP contribution in [0.5, 0.6) is 5.75 Å². The standard InChI is InChI=1S/C47H55F4N7O4/c1-29(2)44-46(61)54-34(28-59)23-32-15-14-30(22-41(32)58(44)5)10-8-20-53-45(60)33-16-17-43(62-6)39(25-33)52-19-9-11-31-24-35-37(55-38-18-21-56(3)27-36(38)48)12-7-13-40(35)57(4)42(31)26-47(49,50)51/h7,12-17,22,25,29,31,34,36,38,44,52,55,59H,18-21,23-24,26-28H2,1-6H3,(H-,53,54,60,61)/p+1/t31?,34-,36-,38+,44-/m0/s1. The van der Waals surface area contributed by atoms with Gasteiger partial charge in [0, 0.05) is 60.7 Å². The summed E-state index contributed by atoms with van der Waals surface area (Å²) in [5, 5.41) is 22.2. The van der Waals surface area contributed by atoms with Crippen molar-refractivity contribution in [1.82, 2.24) is 15.5 Å². The van der Waals surface area contributed by atoms with Gasteiger partial charge < -0.3 is 40.9 Å². The second-order valence-corrected chi connectivity index (χ2v) is 16.5. The van der Waals surface area contributed by atoms with Crippen LogP contribution < -0.4 is 30.9 Å². The first-order chi connectivity index (χ1) is 29.6. The maximum atomic E-state index is 15.0. The van der Waals surface area contributed by atoms with Crippen LogP contribution in [-0.4, -0.2) is 124 Å².